The summed E-state index contributed by atoms with van der Waals surface area (Å²) in [6, 6.07) is 0. The zero-order valence-electron chi connectivity index (χ0n) is 12.5. The van der Waals surface area contributed by atoms with Gasteiger partial charge in [-0.05, 0) is 43.1 Å². The van der Waals surface area contributed by atoms with Crippen LogP contribution in [0.25, 0.3) is 0 Å². The summed E-state index contributed by atoms with van der Waals surface area (Å²) in [6.07, 6.45) is 5.81. The van der Waals surface area contributed by atoms with Crippen molar-refractivity contribution in [2.45, 2.75) is 38.7 Å². The second-order valence-electron chi connectivity index (χ2n) is 5.86. The van der Waals surface area contributed by atoms with Crippen LogP contribution >= 0.6 is 11.8 Å². The highest BCUT2D eigenvalue weighted by atomic mass is 32.2. The van der Waals surface area contributed by atoms with E-state index in [2.05, 4.69) is 24.0 Å². The van der Waals surface area contributed by atoms with Gasteiger partial charge >= 0.3 is 0 Å². The number of nitrogens with one attached hydrogen (secondary N) is 1. The third kappa shape index (κ3) is 4.35. The predicted molar refractivity (Wildman–Crippen MR) is 81.9 cm³/mol. The topological polar surface area (TPSA) is 30.5 Å². The third-order valence-electron chi connectivity index (χ3n) is 4.46. The molecule has 0 amide bonds. The fourth-order valence-electron chi connectivity index (χ4n) is 3.22. The molecule has 4 heteroatoms. The van der Waals surface area contributed by atoms with Crippen LogP contribution in [0.15, 0.2) is 0 Å². The maximum Gasteiger partial charge on any atom is 0.0672 e. The Hall–Kier alpha value is 0.230. The van der Waals surface area contributed by atoms with Crippen molar-refractivity contribution in [3.63, 3.8) is 0 Å². The summed E-state index contributed by atoms with van der Waals surface area (Å²) in [4.78, 5) is 0. The fourth-order valence-corrected chi connectivity index (χ4v) is 4.06. The molecule has 0 aromatic heterocycles. The molecule has 112 valence electrons. The highest BCUT2D eigenvalue weighted by Crippen LogP contribution is 2.49. The van der Waals surface area contributed by atoms with Crippen molar-refractivity contribution in [1.82, 2.24) is 5.32 Å². The lowest BCUT2D eigenvalue weighted by Gasteiger charge is -2.35. The minimum Gasteiger partial charge on any atom is -0.383 e. The van der Waals surface area contributed by atoms with E-state index in [1.807, 2.05) is 0 Å². The van der Waals surface area contributed by atoms with Crippen LogP contribution < -0.4 is 5.32 Å². The highest BCUT2D eigenvalue weighted by molar-refractivity contribution is 7.99. The third-order valence-corrected chi connectivity index (χ3v) is 5.36. The minimum atomic E-state index is 0.386. The first-order valence-electron chi connectivity index (χ1n) is 7.71. The lowest BCUT2D eigenvalue weighted by molar-refractivity contribution is 0.0286. The SMILES string of the molecule is CCSCCC1(CNCCOC)CCOC1C1CC1. The maximum atomic E-state index is 6.10. The number of hydrogen-bond donors (Lipinski definition) is 1. The van der Waals surface area contributed by atoms with E-state index < -0.39 is 0 Å². The summed E-state index contributed by atoms with van der Waals surface area (Å²) < 4.78 is 11.2. The first-order valence-corrected chi connectivity index (χ1v) is 8.87. The highest BCUT2D eigenvalue weighted by Gasteiger charge is 2.50. The second-order valence-corrected chi connectivity index (χ2v) is 7.25. The molecule has 0 aromatic rings. The van der Waals surface area contributed by atoms with Crippen molar-refractivity contribution < 1.29 is 9.47 Å². The van der Waals surface area contributed by atoms with E-state index in [0.717, 1.165) is 32.2 Å². The Balaban J connectivity index is 1.87. The number of rotatable bonds is 10. The summed E-state index contributed by atoms with van der Waals surface area (Å²) in [7, 11) is 1.76. The van der Waals surface area contributed by atoms with Gasteiger partial charge in [-0.3, -0.25) is 0 Å². The average Bonchev–Trinajstić information content (AvgIpc) is 3.18. The zero-order chi connectivity index (χ0) is 13.6. The van der Waals surface area contributed by atoms with Crippen LogP contribution in [-0.2, 0) is 9.47 Å². The molecule has 3 nitrogen and oxygen atoms in total. The second kappa shape index (κ2) is 7.87. The monoisotopic (exact) mass is 287 g/mol. The molecule has 2 atom stereocenters. The molecule has 1 N–H and O–H groups in total. The molecule has 1 saturated heterocycles. The molecule has 0 bridgehead atoms. The van der Waals surface area contributed by atoms with Gasteiger partial charge < -0.3 is 14.8 Å². The number of hydrogen-bond acceptors (Lipinski definition) is 4. The Morgan fingerprint density at radius 2 is 2.26 bits per heavy atom. The first-order chi connectivity index (χ1) is 9.32. The molecular formula is C15H29NO2S. The van der Waals surface area contributed by atoms with Crippen molar-refractivity contribution >= 4 is 11.8 Å². The van der Waals surface area contributed by atoms with E-state index in [0.29, 0.717) is 11.5 Å². The minimum absolute atomic E-state index is 0.386. The van der Waals surface area contributed by atoms with Gasteiger partial charge in [0, 0.05) is 32.2 Å². The average molecular weight is 287 g/mol. The molecule has 0 radical (unpaired) electrons. The molecule has 2 unspecified atom stereocenters. The van der Waals surface area contributed by atoms with E-state index in [4.69, 9.17) is 9.47 Å². The van der Waals surface area contributed by atoms with Gasteiger partial charge in [0.25, 0.3) is 0 Å². The number of methoxy groups -OCH3 is 1. The van der Waals surface area contributed by atoms with Crippen molar-refractivity contribution in [2.24, 2.45) is 11.3 Å². The predicted octanol–water partition coefficient (Wildman–Crippen LogP) is 2.55. The Morgan fingerprint density at radius 3 is 2.95 bits per heavy atom. The Bertz CT molecular complexity index is 261. The Morgan fingerprint density at radius 1 is 1.42 bits per heavy atom. The lowest BCUT2D eigenvalue weighted by Crippen LogP contribution is -2.43. The van der Waals surface area contributed by atoms with Crippen LogP contribution in [-0.4, -0.2) is 51.0 Å². The van der Waals surface area contributed by atoms with E-state index in [1.165, 1.54) is 37.2 Å². The summed E-state index contributed by atoms with van der Waals surface area (Å²) in [5.41, 5.74) is 0.386. The molecule has 2 fully saturated rings. The molecule has 2 rings (SSSR count). The van der Waals surface area contributed by atoms with Gasteiger partial charge in [0.15, 0.2) is 0 Å². The number of thioether (sulfide) groups is 1. The van der Waals surface area contributed by atoms with E-state index in [-0.39, 0.29) is 0 Å². The standard InChI is InChI=1S/C15H29NO2S/c1-3-19-11-7-15(12-16-8-10-17-2)6-9-18-14(15)13-4-5-13/h13-14,16H,3-12H2,1-2H3. The van der Waals surface area contributed by atoms with Crippen LogP contribution in [0.2, 0.25) is 0 Å². The van der Waals surface area contributed by atoms with Gasteiger partial charge in [0.2, 0.25) is 0 Å². The fraction of sp³-hybridized carbons (Fsp3) is 1.00. The molecule has 2 aliphatic rings. The van der Waals surface area contributed by atoms with Gasteiger partial charge in [-0.2, -0.15) is 11.8 Å². The normalized spacial score (nSPS) is 30.9. The summed E-state index contributed by atoms with van der Waals surface area (Å²) in [5, 5.41) is 3.59. The van der Waals surface area contributed by atoms with Crippen molar-refractivity contribution in [2.75, 3.05) is 44.9 Å². The quantitative estimate of drug-likeness (QED) is 0.626. The van der Waals surface area contributed by atoms with Gasteiger partial charge in [-0.1, -0.05) is 6.92 Å². The lowest BCUT2D eigenvalue weighted by atomic mass is 9.76. The molecule has 19 heavy (non-hydrogen) atoms. The Labute approximate surface area is 122 Å². The number of ether oxygens (including phenoxy) is 2. The largest absolute Gasteiger partial charge is 0.383 e. The van der Waals surface area contributed by atoms with Gasteiger partial charge in [-0.25, -0.2) is 0 Å². The van der Waals surface area contributed by atoms with Gasteiger partial charge in [0.1, 0.15) is 0 Å². The summed E-state index contributed by atoms with van der Waals surface area (Å²) in [5.74, 6) is 3.34. The molecule has 1 aliphatic carbocycles. The van der Waals surface area contributed by atoms with Crippen molar-refractivity contribution in [3.05, 3.63) is 0 Å². The first kappa shape index (κ1) is 15.6. The van der Waals surface area contributed by atoms with Crippen LogP contribution in [0.4, 0.5) is 0 Å². The zero-order valence-corrected chi connectivity index (χ0v) is 13.3. The van der Waals surface area contributed by atoms with Crippen LogP contribution in [0.5, 0.6) is 0 Å². The molecule has 0 aromatic carbocycles. The molecule has 0 spiro atoms. The summed E-state index contributed by atoms with van der Waals surface area (Å²) >= 11 is 2.06. The summed E-state index contributed by atoms with van der Waals surface area (Å²) in [6.45, 7) is 6.06. The van der Waals surface area contributed by atoms with Gasteiger partial charge in [0.05, 0.1) is 12.7 Å². The molecule has 1 aliphatic heterocycles. The molecule has 1 saturated carbocycles. The van der Waals surface area contributed by atoms with E-state index in [9.17, 15) is 0 Å². The van der Waals surface area contributed by atoms with Crippen LogP contribution in [0, 0.1) is 11.3 Å². The maximum absolute atomic E-state index is 6.10. The molecule has 1 heterocycles. The van der Waals surface area contributed by atoms with E-state index >= 15 is 0 Å². The van der Waals surface area contributed by atoms with Crippen molar-refractivity contribution in [3.8, 4) is 0 Å². The van der Waals surface area contributed by atoms with Gasteiger partial charge in [-0.15, -0.1) is 0 Å². The Kier molecular flexibility index (Phi) is 6.46. The van der Waals surface area contributed by atoms with Crippen LogP contribution in [0.3, 0.4) is 0 Å². The van der Waals surface area contributed by atoms with E-state index in [1.54, 1.807) is 7.11 Å². The molecular weight excluding hydrogens is 258 g/mol. The van der Waals surface area contributed by atoms with Crippen molar-refractivity contribution in [1.29, 1.82) is 0 Å². The smallest absolute Gasteiger partial charge is 0.0672 e. The van der Waals surface area contributed by atoms with Crippen LogP contribution in [0.1, 0.15) is 32.6 Å².